The number of aromatic nitrogens is 2. The van der Waals surface area contributed by atoms with Crippen molar-refractivity contribution >= 4 is 18.1 Å². The number of anilines is 1. The van der Waals surface area contributed by atoms with Gasteiger partial charge in [0, 0.05) is 18.2 Å². The molecule has 1 heterocycles. The number of phenolic OH excluding ortho intramolecular Hbond substituents is 1. The van der Waals surface area contributed by atoms with Gasteiger partial charge in [-0.25, -0.2) is 4.98 Å². The molecule has 0 bridgehead atoms. The molecule has 0 saturated heterocycles. The SMILES string of the molecule is COc1ccc(-c2c(-c3cc(N)c(OC)c(OC)c3)ncn2C)cc1O.Cl. The van der Waals surface area contributed by atoms with Gasteiger partial charge in [0.25, 0.3) is 0 Å². The summed E-state index contributed by atoms with van der Waals surface area (Å²) in [6.07, 6.45) is 1.71. The second kappa shape index (κ2) is 8.09. The Morgan fingerprint density at radius 1 is 0.963 bits per heavy atom. The van der Waals surface area contributed by atoms with E-state index in [2.05, 4.69) is 4.98 Å². The second-order valence-electron chi connectivity index (χ2n) is 5.74. The number of methoxy groups -OCH3 is 3. The highest BCUT2D eigenvalue weighted by molar-refractivity contribution is 5.85. The Bertz CT molecular complexity index is 956. The van der Waals surface area contributed by atoms with Crippen LogP contribution in [0.3, 0.4) is 0 Å². The molecule has 0 radical (unpaired) electrons. The summed E-state index contributed by atoms with van der Waals surface area (Å²) in [5, 5.41) is 10.1. The maximum absolute atomic E-state index is 10.1. The largest absolute Gasteiger partial charge is 0.504 e. The molecular formula is C19H22ClN3O4. The summed E-state index contributed by atoms with van der Waals surface area (Å²) < 4.78 is 17.7. The molecule has 0 spiro atoms. The number of hydrogen-bond acceptors (Lipinski definition) is 6. The first kappa shape index (κ1) is 20.3. The van der Waals surface area contributed by atoms with Gasteiger partial charge in [-0.1, -0.05) is 0 Å². The van der Waals surface area contributed by atoms with Crippen LogP contribution in [0.1, 0.15) is 0 Å². The van der Waals surface area contributed by atoms with Crippen LogP contribution in [0.5, 0.6) is 23.0 Å². The first-order chi connectivity index (χ1) is 12.5. The van der Waals surface area contributed by atoms with E-state index in [-0.39, 0.29) is 18.2 Å². The van der Waals surface area contributed by atoms with Gasteiger partial charge < -0.3 is 29.6 Å². The van der Waals surface area contributed by atoms with E-state index in [0.717, 1.165) is 16.8 Å². The van der Waals surface area contributed by atoms with Gasteiger partial charge in [0.2, 0.25) is 0 Å². The number of halogens is 1. The first-order valence-corrected chi connectivity index (χ1v) is 7.90. The standard InChI is InChI=1S/C19H21N3O4.ClH/c1-22-10-21-17(12-7-13(20)19(26-4)16(9-12)25-3)18(22)11-5-6-15(24-2)14(23)8-11;/h5-10,23H,20H2,1-4H3;1H. The molecule has 2 aromatic carbocycles. The highest BCUT2D eigenvalue weighted by Gasteiger charge is 2.18. The molecule has 0 fully saturated rings. The number of hydrogen-bond donors (Lipinski definition) is 2. The number of benzene rings is 2. The maximum atomic E-state index is 10.1. The molecule has 0 amide bonds. The van der Waals surface area contributed by atoms with E-state index >= 15 is 0 Å². The lowest BCUT2D eigenvalue weighted by atomic mass is 10.0. The Labute approximate surface area is 163 Å². The first-order valence-electron chi connectivity index (χ1n) is 7.90. The van der Waals surface area contributed by atoms with E-state index in [1.165, 1.54) is 7.11 Å². The van der Waals surface area contributed by atoms with Gasteiger partial charge in [0.05, 0.1) is 44.7 Å². The lowest BCUT2D eigenvalue weighted by molar-refractivity contribution is 0.356. The third-order valence-electron chi connectivity index (χ3n) is 4.17. The molecule has 0 aliphatic rings. The summed E-state index contributed by atoms with van der Waals surface area (Å²) in [5.74, 6) is 1.48. The van der Waals surface area contributed by atoms with Crippen LogP contribution >= 0.6 is 12.4 Å². The van der Waals surface area contributed by atoms with Crippen LogP contribution in [-0.2, 0) is 7.05 Å². The van der Waals surface area contributed by atoms with Crippen LogP contribution in [0.15, 0.2) is 36.7 Å². The fraction of sp³-hybridized carbons (Fsp3) is 0.211. The number of nitrogen functional groups attached to an aromatic ring is 1. The monoisotopic (exact) mass is 391 g/mol. The number of ether oxygens (including phenoxy) is 3. The maximum Gasteiger partial charge on any atom is 0.183 e. The van der Waals surface area contributed by atoms with Crippen molar-refractivity contribution in [2.45, 2.75) is 0 Å². The summed E-state index contributed by atoms with van der Waals surface area (Å²) in [4.78, 5) is 4.50. The van der Waals surface area contributed by atoms with Crippen LogP contribution in [0.25, 0.3) is 22.5 Å². The fourth-order valence-corrected chi connectivity index (χ4v) is 2.95. The summed E-state index contributed by atoms with van der Waals surface area (Å²) in [7, 11) is 6.50. The Kier molecular flexibility index (Phi) is 6.07. The molecule has 0 unspecified atom stereocenters. The van der Waals surface area contributed by atoms with Crippen LogP contribution in [0, 0.1) is 0 Å². The summed E-state index contributed by atoms with van der Waals surface area (Å²) >= 11 is 0. The smallest absolute Gasteiger partial charge is 0.183 e. The normalized spacial score (nSPS) is 10.2. The molecule has 0 atom stereocenters. The zero-order chi connectivity index (χ0) is 18.8. The number of nitrogens with two attached hydrogens (primary N) is 1. The molecule has 144 valence electrons. The molecule has 0 saturated carbocycles. The zero-order valence-electron chi connectivity index (χ0n) is 15.5. The summed E-state index contributed by atoms with van der Waals surface area (Å²) in [5.41, 5.74) is 9.68. The number of imidazole rings is 1. The highest BCUT2D eigenvalue weighted by Crippen LogP contribution is 2.41. The second-order valence-corrected chi connectivity index (χ2v) is 5.74. The lowest BCUT2D eigenvalue weighted by Crippen LogP contribution is -1.98. The molecule has 8 heteroatoms. The number of rotatable bonds is 5. The molecule has 0 aliphatic heterocycles. The quantitative estimate of drug-likeness (QED) is 0.647. The molecule has 7 nitrogen and oxygen atoms in total. The van der Waals surface area contributed by atoms with E-state index in [9.17, 15) is 5.11 Å². The van der Waals surface area contributed by atoms with Crippen molar-refractivity contribution in [1.29, 1.82) is 0 Å². The average Bonchev–Trinajstić information content (AvgIpc) is 3.02. The summed E-state index contributed by atoms with van der Waals surface area (Å²) in [6, 6.07) is 8.83. The third kappa shape index (κ3) is 3.59. The van der Waals surface area contributed by atoms with Crippen molar-refractivity contribution in [3.05, 3.63) is 36.7 Å². The van der Waals surface area contributed by atoms with Crippen molar-refractivity contribution in [3.63, 3.8) is 0 Å². The predicted octanol–water partition coefficient (Wildman–Crippen LogP) is 3.49. The number of nitrogens with zero attached hydrogens (tertiary/aromatic N) is 2. The Hall–Kier alpha value is -3.06. The van der Waals surface area contributed by atoms with Crippen LogP contribution in [0.2, 0.25) is 0 Å². The molecule has 3 N–H and O–H groups in total. The Morgan fingerprint density at radius 3 is 2.26 bits per heavy atom. The van der Waals surface area contributed by atoms with Crippen LogP contribution in [0.4, 0.5) is 5.69 Å². The molecule has 3 aromatic rings. The zero-order valence-corrected chi connectivity index (χ0v) is 16.3. The average molecular weight is 392 g/mol. The molecule has 3 rings (SSSR count). The van der Waals surface area contributed by atoms with Gasteiger partial charge in [-0.05, 0) is 30.3 Å². The molecule has 1 aromatic heterocycles. The lowest BCUT2D eigenvalue weighted by Gasteiger charge is -2.13. The van der Waals surface area contributed by atoms with Gasteiger partial charge in [-0.15, -0.1) is 12.4 Å². The van der Waals surface area contributed by atoms with Crippen LogP contribution < -0.4 is 19.9 Å². The fourth-order valence-electron chi connectivity index (χ4n) is 2.95. The number of aryl methyl sites for hydroxylation is 1. The van der Waals surface area contributed by atoms with Gasteiger partial charge in [0.1, 0.15) is 0 Å². The minimum absolute atomic E-state index is 0. The highest BCUT2D eigenvalue weighted by atomic mass is 35.5. The van der Waals surface area contributed by atoms with E-state index in [4.69, 9.17) is 19.9 Å². The Morgan fingerprint density at radius 2 is 1.67 bits per heavy atom. The van der Waals surface area contributed by atoms with E-state index in [1.54, 1.807) is 38.7 Å². The van der Waals surface area contributed by atoms with Gasteiger partial charge in [0.15, 0.2) is 23.0 Å². The molecular weight excluding hydrogens is 370 g/mol. The van der Waals surface area contributed by atoms with E-state index in [1.807, 2.05) is 23.7 Å². The van der Waals surface area contributed by atoms with Crippen molar-refractivity contribution < 1.29 is 19.3 Å². The third-order valence-corrected chi connectivity index (χ3v) is 4.17. The van der Waals surface area contributed by atoms with Crippen molar-refractivity contribution in [1.82, 2.24) is 9.55 Å². The minimum Gasteiger partial charge on any atom is -0.504 e. The van der Waals surface area contributed by atoms with Gasteiger partial charge in [-0.3, -0.25) is 0 Å². The topological polar surface area (TPSA) is 91.8 Å². The van der Waals surface area contributed by atoms with Crippen molar-refractivity contribution in [3.8, 4) is 45.5 Å². The van der Waals surface area contributed by atoms with Gasteiger partial charge in [-0.2, -0.15) is 0 Å². The van der Waals surface area contributed by atoms with E-state index in [0.29, 0.717) is 28.6 Å². The number of phenols is 1. The van der Waals surface area contributed by atoms with Crippen molar-refractivity contribution in [2.75, 3.05) is 27.1 Å². The van der Waals surface area contributed by atoms with Crippen molar-refractivity contribution in [2.24, 2.45) is 7.05 Å². The Balaban J connectivity index is 0.00000261. The van der Waals surface area contributed by atoms with Crippen LogP contribution in [-0.4, -0.2) is 36.0 Å². The molecule has 27 heavy (non-hydrogen) atoms. The predicted molar refractivity (Wildman–Crippen MR) is 107 cm³/mol. The number of aromatic hydroxyl groups is 1. The minimum atomic E-state index is 0. The van der Waals surface area contributed by atoms with E-state index < -0.39 is 0 Å². The van der Waals surface area contributed by atoms with Gasteiger partial charge >= 0.3 is 0 Å². The summed E-state index contributed by atoms with van der Waals surface area (Å²) in [6.45, 7) is 0. The molecule has 0 aliphatic carbocycles.